The number of halogens is 6. The molecule has 0 radical (unpaired) electrons. The van der Waals surface area contributed by atoms with E-state index in [1.807, 2.05) is 0 Å². The van der Waals surface area contributed by atoms with E-state index in [0.717, 1.165) is 29.8 Å². The second-order valence-electron chi connectivity index (χ2n) is 8.91. The van der Waals surface area contributed by atoms with E-state index in [1.54, 1.807) is 24.3 Å². The first-order valence-corrected chi connectivity index (χ1v) is 11.2. The van der Waals surface area contributed by atoms with E-state index in [1.165, 1.54) is 12.1 Å². The van der Waals surface area contributed by atoms with Gasteiger partial charge in [0.05, 0.1) is 0 Å². The Balaban J connectivity index is 1.78. The molecule has 11 heteroatoms. The van der Waals surface area contributed by atoms with Gasteiger partial charge in [0.25, 0.3) is 0 Å². The van der Waals surface area contributed by atoms with Gasteiger partial charge in [-0.25, -0.2) is 0 Å². The topological polar surface area (TPSA) is 79.2 Å². The number of hydrogen-bond donors (Lipinski definition) is 3. The Bertz CT molecular complexity index is 1180. The van der Waals surface area contributed by atoms with E-state index in [-0.39, 0.29) is 22.8 Å². The van der Waals surface area contributed by atoms with Crippen LogP contribution in [0.25, 0.3) is 0 Å². The minimum atomic E-state index is -5.08. The molecule has 1 saturated carbocycles. The summed E-state index contributed by atoms with van der Waals surface area (Å²) in [4.78, 5) is 0. The van der Waals surface area contributed by atoms with Crippen molar-refractivity contribution < 1.29 is 51.1 Å². The molecule has 3 aromatic rings. The minimum absolute atomic E-state index is 0.0275. The Hall–Kier alpha value is -3.76. The van der Waals surface area contributed by atoms with E-state index >= 15 is 0 Å². The fourth-order valence-corrected chi connectivity index (χ4v) is 4.97. The number of phenols is 3. The molecule has 3 aromatic carbocycles. The normalized spacial score (nSPS) is 16.4. The standard InChI is InChI=1S/C26H22F6O5/c27-25(28,29)36-22-13-17(3-7-20(22)34)24(18-4-8-21(35)23(14-18)37-26(30,31)32)11-9-16(10-12-24)15-1-5-19(33)6-2-15/h1-8,13-14,16,33-35H,9-12H2. The van der Waals surface area contributed by atoms with Crippen LogP contribution in [-0.2, 0) is 5.41 Å². The van der Waals surface area contributed by atoms with Gasteiger partial charge in [-0.3, -0.25) is 0 Å². The van der Waals surface area contributed by atoms with E-state index in [0.29, 0.717) is 25.7 Å². The molecule has 5 nitrogen and oxygen atoms in total. The molecule has 1 aliphatic carbocycles. The summed E-state index contributed by atoms with van der Waals surface area (Å²) in [5.74, 6) is -3.05. The van der Waals surface area contributed by atoms with Crippen LogP contribution in [0.2, 0.25) is 0 Å². The first-order chi connectivity index (χ1) is 17.3. The van der Waals surface area contributed by atoms with Gasteiger partial charge >= 0.3 is 12.7 Å². The molecule has 0 spiro atoms. The summed E-state index contributed by atoms with van der Waals surface area (Å²) in [6.07, 6.45) is -8.51. The number of rotatable bonds is 5. The summed E-state index contributed by atoms with van der Waals surface area (Å²) in [5, 5.41) is 29.5. The number of benzene rings is 3. The van der Waals surface area contributed by atoms with E-state index < -0.39 is 41.1 Å². The molecule has 0 unspecified atom stereocenters. The molecule has 3 N–H and O–H groups in total. The molecule has 37 heavy (non-hydrogen) atoms. The maximum absolute atomic E-state index is 12.9. The number of hydrogen-bond acceptors (Lipinski definition) is 5. The van der Waals surface area contributed by atoms with Crippen LogP contribution in [-0.4, -0.2) is 28.0 Å². The fraction of sp³-hybridized carbons (Fsp3) is 0.308. The van der Waals surface area contributed by atoms with Gasteiger partial charge in [-0.05, 0) is 84.7 Å². The van der Waals surface area contributed by atoms with E-state index in [4.69, 9.17) is 0 Å². The minimum Gasteiger partial charge on any atom is -0.508 e. The van der Waals surface area contributed by atoms with E-state index in [2.05, 4.69) is 9.47 Å². The highest BCUT2D eigenvalue weighted by Gasteiger charge is 2.41. The first kappa shape index (κ1) is 26.3. The van der Waals surface area contributed by atoms with Crippen LogP contribution < -0.4 is 9.47 Å². The summed E-state index contributed by atoms with van der Waals surface area (Å²) in [5.41, 5.74) is 0.433. The molecule has 0 amide bonds. The number of alkyl halides is 6. The van der Waals surface area contributed by atoms with Gasteiger partial charge in [-0.15, -0.1) is 26.3 Å². The third-order valence-electron chi connectivity index (χ3n) is 6.68. The van der Waals surface area contributed by atoms with Crippen LogP contribution in [0, 0.1) is 0 Å². The summed E-state index contributed by atoms with van der Waals surface area (Å²) >= 11 is 0. The van der Waals surface area contributed by atoms with Crippen molar-refractivity contribution in [3.8, 4) is 28.7 Å². The quantitative estimate of drug-likeness (QED) is 0.304. The van der Waals surface area contributed by atoms with Gasteiger partial charge in [-0.2, -0.15) is 0 Å². The smallest absolute Gasteiger partial charge is 0.508 e. The van der Waals surface area contributed by atoms with Crippen molar-refractivity contribution >= 4 is 0 Å². The zero-order valence-corrected chi connectivity index (χ0v) is 19.1. The van der Waals surface area contributed by atoms with Crippen molar-refractivity contribution in [2.45, 2.75) is 49.7 Å². The van der Waals surface area contributed by atoms with Crippen molar-refractivity contribution in [2.24, 2.45) is 0 Å². The number of phenolic OH excluding ortho intramolecular Hbond substituents is 3. The molecule has 0 aliphatic heterocycles. The molecule has 0 atom stereocenters. The molecular formula is C26H22F6O5. The zero-order chi connectivity index (χ0) is 27.0. The molecule has 1 fully saturated rings. The number of ether oxygens (including phenoxy) is 2. The monoisotopic (exact) mass is 528 g/mol. The molecule has 0 heterocycles. The number of aromatic hydroxyl groups is 3. The maximum atomic E-state index is 12.9. The molecule has 0 aromatic heterocycles. The summed E-state index contributed by atoms with van der Waals surface area (Å²) < 4.78 is 85.5. The Labute approximate surface area is 207 Å². The van der Waals surface area contributed by atoms with Crippen molar-refractivity contribution in [3.05, 3.63) is 77.4 Å². The predicted molar refractivity (Wildman–Crippen MR) is 120 cm³/mol. The van der Waals surface area contributed by atoms with Crippen LogP contribution in [0.3, 0.4) is 0 Å². The fourth-order valence-electron chi connectivity index (χ4n) is 4.97. The van der Waals surface area contributed by atoms with Crippen LogP contribution in [0.1, 0.15) is 48.3 Å². The second kappa shape index (κ2) is 9.60. The van der Waals surface area contributed by atoms with Gasteiger partial charge in [0, 0.05) is 5.41 Å². The van der Waals surface area contributed by atoms with Gasteiger partial charge in [0.2, 0.25) is 0 Å². The molecular weight excluding hydrogens is 506 g/mol. The maximum Gasteiger partial charge on any atom is 0.573 e. The summed E-state index contributed by atoms with van der Waals surface area (Å²) in [6.45, 7) is 0. The van der Waals surface area contributed by atoms with Crippen LogP contribution in [0.5, 0.6) is 28.7 Å². The van der Waals surface area contributed by atoms with E-state index in [9.17, 15) is 41.7 Å². The Morgan fingerprint density at radius 3 is 1.49 bits per heavy atom. The van der Waals surface area contributed by atoms with Crippen LogP contribution in [0.15, 0.2) is 60.7 Å². The van der Waals surface area contributed by atoms with Gasteiger partial charge in [-0.1, -0.05) is 24.3 Å². The van der Waals surface area contributed by atoms with Crippen molar-refractivity contribution in [1.82, 2.24) is 0 Å². The van der Waals surface area contributed by atoms with Gasteiger partial charge in [0.15, 0.2) is 23.0 Å². The highest BCUT2D eigenvalue weighted by atomic mass is 19.4. The van der Waals surface area contributed by atoms with Crippen molar-refractivity contribution in [2.75, 3.05) is 0 Å². The predicted octanol–water partition coefficient (Wildman–Crippen LogP) is 7.24. The summed E-state index contributed by atoms with van der Waals surface area (Å²) in [7, 11) is 0. The lowest BCUT2D eigenvalue weighted by molar-refractivity contribution is -0.276. The molecule has 4 rings (SSSR count). The highest BCUT2D eigenvalue weighted by molar-refractivity contribution is 5.52. The SMILES string of the molecule is Oc1ccc(C2CCC(c3ccc(O)c(OC(F)(F)F)c3)(c3ccc(O)c(OC(F)(F)F)c3)CC2)cc1. The third kappa shape index (κ3) is 5.98. The first-order valence-electron chi connectivity index (χ1n) is 11.2. The van der Waals surface area contributed by atoms with Crippen LogP contribution in [0.4, 0.5) is 26.3 Å². The Kier molecular flexibility index (Phi) is 6.83. The van der Waals surface area contributed by atoms with Gasteiger partial charge in [0.1, 0.15) is 5.75 Å². The van der Waals surface area contributed by atoms with Crippen molar-refractivity contribution in [1.29, 1.82) is 0 Å². The van der Waals surface area contributed by atoms with Crippen LogP contribution >= 0.6 is 0 Å². The molecule has 0 bridgehead atoms. The molecule has 198 valence electrons. The van der Waals surface area contributed by atoms with Gasteiger partial charge < -0.3 is 24.8 Å². The Morgan fingerprint density at radius 1 is 0.649 bits per heavy atom. The average Bonchev–Trinajstić information content (AvgIpc) is 2.81. The third-order valence-corrected chi connectivity index (χ3v) is 6.68. The average molecular weight is 528 g/mol. The lowest BCUT2D eigenvalue weighted by atomic mass is 9.62. The second-order valence-corrected chi connectivity index (χ2v) is 8.91. The van der Waals surface area contributed by atoms with Crippen molar-refractivity contribution in [3.63, 3.8) is 0 Å². The molecule has 1 aliphatic rings. The highest BCUT2D eigenvalue weighted by Crippen LogP contribution is 2.52. The zero-order valence-electron chi connectivity index (χ0n) is 19.1. The molecule has 0 saturated heterocycles. The largest absolute Gasteiger partial charge is 0.573 e. The Morgan fingerprint density at radius 2 is 1.08 bits per heavy atom. The summed E-state index contributed by atoms with van der Waals surface area (Å²) in [6, 6.07) is 13.5. The lowest BCUT2D eigenvalue weighted by Crippen LogP contribution is -2.33. The lowest BCUT2D eigenvalue weighted by Gasteiger charge is -2.42.